The Morgan fingerprint density at radius 1 is 1.60 bits per heavy atom. The summed E-state index contributed by atoms with van der Waals surface area (Å²) in [6.45, 7) is 4.32. The van der Waals surface area contributed by atoms with Gasteiger partial charge in [-0.1, -0.05) is 0 Å². The molecule has 0 aromatic heterocycles. The summed E-state index contributed by atoms with van der Waals surface area (Å²) in [5.74, 6) is 0. The lowest BCUT2D eigenvalue weighted by Crippen LogP contribution is -2.04. The highest BCUT2D eigenvalue weighted by Gasteiger charge is 2.50. The van der Waals surface area contributed by atoms with Gasteiger partial charge >= 0.3 is 7.67 Å². The number of rotatable bonds is 2. The van der Waals surface area contributed by atoms with E-state index in [-0.39, 0.29) is 0 Å². The Kier molecular flexibility index (Phi) is 1.24. The number of hydrogen-bond acceptors (Lipinski definition) is 1. The van der Waals surface area contributed by atoms with Crippen LogP contribution in [-0.4, -0.2) is 39.9 Å². The Hall–Kier alpha value is 0.110. The van der Waals surface area contributed by atoms with Crippen molar-refractivity contribution in [3.8, 4) is 0 Å². The molecule has 5 heteroatoms. The average Bonchev–Trinajstić information content (AvgIpc) is 2.53. The van der Waals surface area contributed by atoms with Crippen molar-refractivity contribution < 1.29 is 9.46 Å². The van der Waals surface area contributed by atoms with E-state index < -0.39 is 7.67 Å². The van der Waals surface area contributed by atoms with Crippen molar-refractivity contribution in [1.82, 2.24) is 9.34 Å². The molecule has 2 aliphatic heterocycles. The van der Waals surface area contributed by atoms with E-state index in [0.29, 0.717) is 6.04 Å². The molecule has 0 amide bonds. The largest absolute Gasteiger partial charge is 0.343 e. The second-order valence-corrected chi connectivity index (χ2v) is 5.04. The van der Waals surface area contributed by atoms with E-state index >= 15 is 0 Å². The van der Waals surface area contributed by atoms with Gasteiger partial charge in [0.1, 0.15) is 0 Å². The van der Waals surface area contributed by atoms with Crippen LogP contribution < -0.4 is 0 Å². The monoisotopic (exact) mass is 162 g/mol. The molecule has 0 radical (unpaired) electrons. The Morgan fingerprint density at radius 3 is 2.40 bits per heavy atom. The molecule has 2 saturated heterocycles. The summed E-state index contributed by atoms with van der Waals surface area (Å²) < 4.78 is 14.6. The first-order valence-electron chi connectivity index (χ1n) is 3.48. The van der Waals surface area contributed by atoms with Crippen LogP contribution in [-0.2, 0) is 4.57 Å². The third-order valence-corrected chi connectivity index (χ3v) is 4.32. The normalized spacial score (nSPS) is 44.6. The van der Waals surface area contributed by atoms with Crippen molar-refractivity contribution >= 4 is 7.67 Å². The van der Waals surface area contributed by atoms with Gasteiger partial charge in [0, 0.05) is 25.7 Å². The van der Waals surface area contributed by atoms with E-state index in [0.717, 1.165) is 19.6 Å². The van der Waals surface area contributed by atoms with Gasteiger partial charge < -0.3 is 4.89 Å². The van der Waals surface area contributed by atoms with Crippen molar-refractivity contribution in [2.45, 2.75) is 13.0 Å². The van der Waals surface area contributed by atoms with Gasteiger partial charge in [-0.15, -0.1) is 0 Å². The van der Waals surface area contributed by atoms with E-state index in [2.05, 4.69) is 0 Å². The molecular formula is C5H11N2O2P. The zero-order chi connectivity index (χ0) is 7.35. The highest BCUT2D eigenvalue weighted by Crippen LogP contribution is 2.58. The van der Waals surface area contributed by atoms with Gasteiger partial charge in [0.15, 0.2) is 0 Å². The molecule has 0 aromatic carbocycles. The molecule has 10 heavy (non-hydrogen) atoms. The fourth-order valence-electron chi connectivity index (χ4n) is 1.05. The van der Waals surface area contributed by atoms with E-state index in [1.54, 1.807) is 9.34 Å². The maximum absolute atomic E-state index is 11.4. The summed E-state index contributed by atoms with van der Waals surface area (Å²) in [6, 6.07) is 0.316. The van der Waals surface area contributed by atoms with Gasteiger partial charge in [-0.3, -0.25) is 4.57 Å². The molecule has 3 atom stereocenters. The topological polar surface area (TPSA) is 43.3 Å². The minimum Gasteiger partial charge on any atom is -0.322 e. The Balaban J connectivity index is 2.07. The molecule has 0 spiro atoms. The summed E-state index contributed by atoms with van der Waals surface area (Å²) in [4.78, 5) is 9.37. The Bertz CT molecular complexity index is 204. The molecule has 1 N–H and O–H groups in total. The van der Waals surface area contributed by atoms with Gasteiger partial charge in [0.2, 0.25) is 0 Å². The Morgan fingerprint density at radius 2 is 2.10 bits per heavy atom. The summed E-state index contributed by atoms with van der Waals surface area (Å²) in [5, 5.41) is 0. The van der Waals surface area contributed by atoms with Crippen LogP contribution in [0.5, 0.6) is 0 Å². The lowest BCUT2D eigenvalue weighted by Gasteiger charge is -2.11. The second-order valence-electron chi connectivity index (χ2n) is 2.94. The molecule has 2 aliphatic rings. The molecule has 0 aromatic rings. The number of hydrogen-bond donors (Lipinski definition) is 1. The maximum atomic E-state index is 11.4. The zero-order valence-corrected chi connectivity index (χ0v) is 6.79. The third-order valence-electron chi connectivity index (χ3n) is 1.95. The molecule has 2 unspecified atom stereocenters. The van der Waals surface area contributed by atoms with Gasteiger partial charge in [0.05, 0.1) is 0 Å². The lowest BCUT2D eigenvalue weighted by atomic mass is 10.6. The van der Waals surface area contributed by atoms with Crippen molar-refractivity contribution in [3.63, 3.8) is 0 Å². The van der Waals surface area contributed by atoms with Crippen LogP contribution in [0, 0.1) is 0 Å². The molecule has 4 nitrogen and oxygen atoms in total. The second kappa shape index (κ2) is 1.83. The average molecular weight is 162 g/mol. The summed E-state index contributed by atoms with van der Waals surface area (Å²) in [6.07, 6.45) is 0. The van der Waals surface area contributed by atoms with Gasteiger partial charge in [-0.2, -0.15) is 0 Å². The maximum Gasteiger partial charge on any atom is 0.343 e. The van der Waals surface area contributed by atoms with Gasteiger partial charge in [0.25, 0.3) is 0 Å². The van der Waals surface area contributed by atoms with E-state index in [1.165, 1.54) is 0 Å². The van der Waals surface area contributed by atoms with Gasteiger partial charge in [-0.05, 0) is 6.92 Å². The fourth-order valence-corrected chi connectivity index (χ4v) is 2.95. The zero-order valence-electron chi connectivity index (χ0n) is 5.90. The summed E-state index contributed by atoms with van der Waals surface area (Å²) >= 11 is 0. The Labute approximate surface area is 60.0 Å². The predicted molar refractivity (Wildman–Crippen MR) is 37.6 cm³/mol. The van der Waals surface area contributed by atoms with Crippen LogP contribution in [0.2, 0.25) is 0 Å². The SMILES string of the molecule is C[C@H]1CN1P(=O)(O)N1CC1. The van der Waals surface area contributed by atoms with E-state index in [4.69, 9.17) is 0 Å². The van der Waals surface area contributed by atoms with Crippen LogP contribution in [0.1, 0.15) is 6.92 Å². The minimum atomic E-state index is -3.00. The highest BCUT2D eigenvalue weighted by atomic mass is 31.2. The molecule has 2 rings (SSSR count). The van der Waals surface area contributed by atoms with Crippen molar-refractivity contribution in [2.75, 3.05) is 19.6 Å². The first-order chi connectivity index (χ1) is 4.62. The van der Waals surface area contributed by atoms with Gasteiger partial charge in [-0.25, -0.2) is 9.34 Å². The summed E-state index contributed by atoms with van der Waals surface area (Å²) in [7, 11) is -3.00. The minimum absolute atomic E-state index is 0.316. The molecule has 2 fully saturated rings. The quantitative estimate of drug-likeness (QED) is 0.462. The molecular weight excluding hydrogens is 151 g/mol. The van der Waals surface area contributed by atoms with Crippen LogP contribution in [0.15, 0.2) is 0 Å². The molecule has 0 aliphatic carbocycles. The van der Waals surface area contributed by atoms with Crippen molar-refractivity contribution in [2.24, 2.45) is 0 Å². The fraction of sp³-hybridized carbons (Fsp3) is 1.00. The van der Waals surface area contributed by atoms with Crippen LogP contribution in [0.25, 0.3) is 0 Å². The van der Waals surface area contributed by atoms with E-state index in [1.807, 2.05) is 6.92 Å². The van der Waals surface area contributed by atoms with Crippen molar-refractivity contribution in [1.29, 1.82) is 0 Å². The van der Waals surface area contributed by atoms with Crippen molar-refractivity contribution in [3.05, 3.63) is 0 Å². The standard InChI is InChI=1S/C5H11N2O2P/c1-5-4-7(5)10(8,9)6-2-3-6/h5H,2-4H2,1H3,(H,8,9)/t5-,7?/m0/s1. The number of nitrogens with zero attached hydrogens (tertiary/aromatic N) is 2. The lowest BCUT2D eigenvalue weighted by molar-refractivity contribution is 0.399. The third kappa shape index (κ3) is 0.920. The molecule has 0 saturated carbocycles. The highest BCUT2D eigenvalue weighted by molar-refractivity contribution is 7.53. The van der Waals surface area contributed by atoms with Crippen LogP contribution >= 0.6 is 7.67 Å². The molecule has 2 heterocycles. The molecule has 0 bridgehead atoms. The van der Waals surface area contributed by atoms with Crippen LogP contribution in [0.3, 0.4) is 0 Å². The van der Waals surface area contributed by atoms with E-state index in [9.17, 15) is 9.46 Å². The first-order valence-corrected chi connectivity index (χ1v) is 5.04. The first kappa shape index (κ1) is 6.80. The predicted octanol–water partition coefficient (Wildman–Crippen LogP) is 0.106. The van der Waals surface area contributed by atoms with Crippen LogP contribution in [0.4, 0.5) is 0 Å². The summed E-state index contributed by atoms with van der Waals surface area (Å²) in [5.41, 5.74) is 0. The molecule has 58 valence electrons. The smallest absolute Gasteiger partial charge is 0.322 e.